The normalized spacial score (nSPS) is 17.0. The van der Waals surface area contributed by atoms with Crippen LogP contribution in [0.3, 0.4) is 0 Å². The Morgan fingerprint density at radius 1 is 1.00 bits per heavy atom. The molecule has 2 aromatic rings. The lowest BCUT2D eigenvalue weighted by atomic mass is 9.64. The predicted octanol–water partition coefficient (Wildman–Crippen LogP) is 4.86. The van der Waals surface area contributed by atoms with Crippen molar-refractivity contribution in [1.82, 2.24) is 9.97 Å². The molecule has 0 saturated heterocycles. The van der Waals surface area contributed by atoms with Crippen LogP contribution < -0.4 is 0 Å². The quantitative estimate of drug-likeness (QED) is 0.527. The van der Waals surface area contributed by atoms with Crippen molar-refractivity contribution in [3.63, 3.8) is 0 Å². The lowest BCUT2D eigenvalue weighted by Crippen LogP contribution is -2.37. The van der Waals surface area contributed by atoms with Gasteiger partial charge in [-0.1, -0.05) is 60.0 Å². The van der Waals surface area contributed by atoms with Gasteiger partial charge in [-0.2, -0.15) is 0 Å². The molecule has 98 valence electrons. The van der Waals surface area contributed by atoms with Crippen molar-refractivity contribution in [3.05, 3.63) is 55.6 Å². The Kier molecular flexibility index (Phi) is 3.71. The first kappa shape index (κ1) is 13.6. The highest BCUT2D eigenvalue weighted by molar-refractivity contribution is 14.1. The number of nitrogens with zero attached hydrogens (tertiary/aromatic N) is 2. The van der Waals surface area contributed by atoms with Crippen LogP contribution in [0.2, 0.25) is 10.3 Å². The monoisotopic (exact) mass is 404 g/mol. The number of benzene rings is 1. The third-order valence-corrected chi connectivity index (χ3v) is 5.94. The van der Waals surface area contributed by atoms with Crippen LogP contribution in [0.4, 0.5) is 0 Å². The van der Waals surface area contributed by atoms with E-state index in [1.165, 1.54) is 12.0 Å². The standard InChI is InChI=1S/C14H11Cl2IN2/c15-11-10(17)12(16)19-13(18-11)14(7-4-8-14)9-5-2-1-3-6-9/h1-3,5-6H,4,7-8H2. The van der Waals surface area contributed by atoms with E-state index in [1.54, 1.807) is 0 Å². The molecule has 1 heterocycles. The minimum absolute atomic E-state index is 0.112. The van der Waals surface area contributed by atoms with Crippen molar-refractivity contribution < 1.29 is 0 Å². The molecule has 0 bridgehead atoms. The topological polar surface area (TPSA) is 25.8 Å². The largest absolute Gasteiger partial charge is 0.219 e. The van der Waals surface area contributed by atoms with Gasteiger partial charge in [0, 0.05) is 0 Å². The fourth-order valence-electron chi connectivity index (χ4n) is 2.54. The Morgan fingerprint density at radius 3 is 2.05 bits per heavy atom. The van der Waals surface area contributed by atoms with Crippen LogP contribution in [0.25, 0.3) is 0 Å². The van der Waals surface area contributed by atoms with Crippen LogP contribution in [-0.2, 0) is 5.41 Å². The number of aromatic nitrogens is 2. The van der Waals surface area contributed by atoms with Gasteiger partial charge in [0.05, 0.1) is 8.99 Å². The first-order chi connectivity index (χ1) is 9.13. The van der Waals surface area contributed by atoms with Crippen molar-refractivity contribution in [2.75, 3.05) is 0 Å². The Labute approximate surface area is 135 Å². The van der Waals surface area contributed by atoms with E-state index in [0.29, 0.717) is 13.9 Å². The van der Waals surface area contributed by atoms with Crippen molar-refractivity contribution in [2.45, 2.75) is 24.7 Å². The van der Waals surface area contributed by atoms with E-state index in [9.17, 15) is 0 Å². The van der Waals surface area contributed by atoms with E-state index in [1.807, 2.05) is 18.2 Å². The summed E-state index contributed by atoms with van der Waals surface area (Å²) in [5.74, 6) is 0.750. The highest BCUT2D eigenvalue weighted by Gasteiger charge is 2.43. The second-order valence-corrected chi connectivity index (χ2v) is 6.54. The minimum Gasteiger partial charge on any atom is -0.219 e. The van der Waals surface area contributed by atoms with Crippen LogP contribution in [0.1, 0.15) is 30.7 Å². The zero-order valence-electron chi connectivity index (χ0n) is 10.0. The molecule has 1 saturated carbocycles. The van der Waals surface area contributed by atoms with Gasteiger partial charge in [0.2, 0.25) is 0 Å². The molecule has 0 amide bonds. The minimum atomic E-state index is -0.112. The van der Waals surface area contributed by atoms with Crippen LogP contribution in [0, 0.1) is 3.57 Å². The van der Waals surface area contributed by atoms with Gasteiger partial charge in [-0.3, -0.25) is 0 Å². The van der Waals surface area contributed by atoms with Crippen LogP contribution >= 0.6 is 45.8 Å². The predicted molar refractivity (Wildman–Crippen MR) is 85.8 cm³/mol. The summed E-state index contributed by atoms with van der Waals surface area (Å²) >= 11 is 14.4. The fraction of sp³-hybridized carbons (Fsp3) is 0.286. The number of hydrogen-bond acceptors (Lipinski definition) is 2. The molecule has 19 heavy (non-hydrogen) atoms. The third kappa shape index (κ3) is 2.26. The van der Waals surface area contributed by atoms with Gasteiger partial charge in [0.15, 0.2) is 0 Å². The van der Waals surface area contributed by atoms with Gasteiger partial charge < -0.3 is 0 Å². The van der Waals surface area contributed by atoms with E-state index in [-0.39, 0.29) is 5.41 Å². The highest BCUT2D eigenvalue weighted by Crippen LogP contribution is 2.48. The molecule has 1 aromatic carbocycles. The average molecular weight is 405 g/mol. The van der Waals surface area contributed by atoms with E-state index >= 15 is 0 Å². The van der Waals surface area contributed by atoms with E-state index < -0.39 is 0 Å². The molecule has 5 heteroatoms. The average Bonchev–Trinajstić information content (AvgIpc) is 2.36. The zero-order chi connectivity index (χ0) is 13.5. The summed E-state index contributed by atoms with van der Waals surface area (Å²) in [6.07, 6.45) is 3.27. The molecule has 0 unspecified atom stereocenters. The van der Waals surface area contributed by atoms with Crippen molar-refractivity contribution in [3.8, 4) is 0 Å². The summed E-state index contributed by atoms with van der Waals surface area (Å²) in [6.45, 7) is 0. The molecule has 3 rings (SSSR count). The smallest absolute Gasteiger partial charge is 0.147 e. The lowest BCUT2D eigenvalue weighted by Gasteiger charge is -2.41. The van der Waals surface area contributed by atoms with Gasteiger partial charge >= 0.3 is 0 Å². The molecule has 0 radical (unpaired) electrons. The lowest BCUT2D eigenvalue weighted by molar-refractivity contribution is 0.285. The van der Waals surface area contributed by atoms with Gasteiger partial charge in [-0.05, 0) is 41.0 Å². The molecule has 0 N–H and O–H groups in total. The molecule has 0 aliphatic heterocycles. The molecule has 0 spiro atoms. The SMILES string of the molecule is Clc1nc(C2(c3ccccc3)CCC2)nc(Cl)c1I. The third-order valence-electron chi connectivity index (χ3n) is 3.73. The Hall–Kier alpha value is -0.390. The number of halogens is 3. The second-order valence-electron chi connectivity index (χ2n) is 4.74. The summed E-state index contributed by atoms with van der Waals surface area (Å²) in [5, 5.41) is 0.885. The van der Waals surface area contributed by atoms with Crippen molar-refractivity contribution >= 4 is 45.8 Å². The summed E-state index contributed by atoms with van der Waals surface area (Å²) < 4.78 is 0.715. The Morgan fingerprint density at radius 2 is 1.58 bits per heavy atom. The second kappa shape index (κ2) is 5.19. The zero-order valence-corrected chi connectivity index (χ0v) is 13.7. The Bertz CT molecular complexity index is 589. The summed E-state index contributed by atoms with van der Waals surface area (Å²) in [7, 11) is 0. The molecule has 1 aliphatic rings. The van der Waals surface area contributed by atoms with Crippen LogP contribution in [0.5, 0.6) is 0 Å². The van der Waals surface area contributed by atoms with Crippen molar-refractivity contribution in [2.24, 2.45) is 0 Å². The van der Waals surface area contributed by atoms with E-state index in [0.717, 1.165) is 18.7 Å². The van der Waals surface area contributed by atoms with E-state index in [4.69, 9.17) is 23.2 Å². The summed E-state index contributed by atoms with van der Waals surface area (Å²) in [6, 6.07) is 10.4. The van der Waals surface area contributed by atoms with Gasteiger partial charge in [0.25, 0.3) is 0 Å². The maximum absolute atomic E-state index is 6.15. The molecular formula is C14H11Cl2IN2. The maximum Gasteiger partial charge on any atom is 0.147 e. The van der Waals surface area contributed by atoms with E-state index in [2.05, 4.69) is 44.7 Å². The van der Waals surface area contributed by atoms with Crippen molar-refractivity contribution in [1.29, 1.82) is 0 Å². The van der Waals surface area contributed by atoms with Crippen LogP contribution in [0.15, 0.2) is 30.3 Å². The molecule has 1 aromatic heterocycles. The number of hydrogen-bond donors (Lipinski definition) is 0. The van der Waals surface area contributed by atoms with Crippen LogP contribution in [-0.4, -0.2) is 9.97 Å². The van der Waals surface area contributed by atoms with Gasteiger partial charge in [-0.25, -0.2) is 9.97 Å². The molecular weight excluding hydrogens is 394 g/mol. The highest BCUT2D eigenvalue weighted by atomic mass is 127. The first-order valence-electron chi connectivity index (χ1n) is 6.08. The molecule has 0 atom stereocenters. The van der Waals surface area contributed by atoms with Gasteiger partial charge in [-0.15, -0.1) is 0 Å². The number of rotatable bonds is 2. The Balaban J connectivity index is 2.13. The first-order valence-corrected chi connectivity index (χ1v) is 7.91. The summed E-state index contributed by atoms with van der Waals surface area (Å²) in [5.41, 5.74) is 1.13. The molecule has 1 fully saturated rings. The van der Waals surface area contributed by atoms with Gasteiger partial charge in [0.1, 0.15) is 16.1 Å². The molecule has 2 nitrogen and oxygen atoms in total. The molecule has 1 aliphatic carbocycles. The maximum atomic E-state index is 6.15. The fourth-order valence-corrected chi connectivity index (χ4v) is 3.17. The summed E-state index contributed by atoms with van der Waals surface area (Å²) in [4.78, 5) is 8.93.